The molecule has 0 aliphatic rings. The van der Waals surface area contributed by atoms with Gasteiger partial charge in [0.15, 0.2) is 0 Å². The molecule has 0 fully saturated rings. The van der Waals surface area contributed by atoms with E-state index >= 15 is 0 Å². The topological polar surface area (TPSA) is 130 Å². The molecule has 9 heteroatoms. The lowest BCUT2D eigenvalue weighted by molar-refractivity contribution is -0.139. The van der Waals surface area contributed by atoms with Gasteiger partial charge < -0.3 is 15.2 Å². The number of carbonyl (C=O) groups is 2. The maximum atomic E-state index is 11.6. The molecular weight excluding hydrogens is 282 g/mol. The molecule has 9 nitrogen and oxygen atoms in total. The van der Waals surface area contributed by atoms with Gasteiger partial charge >= 0.3 is 17.8 Å². The Bertz CT molecular complexity index is 639. The van der Waals surface area contributed by atoms with Crippen molar-refractivity contribution in [1.82, 2.24) is 14.9 Å². The number of rotatable bonds is 4. The Labute approximate surface area is 119 Å². The van der Waals surface area contributed by atoms with Crippen molar-refractivity contribution in [1.29, 1.82) is 0 Å². The minimum absolute atomic E-state index is 0.343. The Morgan fingerprint density at radius 2 is 2.05 bits per heavy atom. The molecule has 0 bridgehead atoms. The monoisotopic (exact) mass is 299 g/mol. The first-order valence-electron chi connectivity index (χ1n) is 6.10. The maximum absolute atomic E-state index is 11.6. The van der Waals surface area contributed by atoms with Crippen LogP contribution in [0.25, 0.3) is 0 Å². The highest BCUT2D eigenvalue weighted by Gasteiger charge is 2.24. The molecule has 0 saturated heterocycles. The number of aromatic amines is 1. The van der Waals surface area contributed by atoms with Crippen LogP contribution in [0.5, 0.6) is 0 Å². The number of carboxylic acids is 1. The summed E-state index contributed by atoms with van der Waals surface area (Å²) in [4.78, 5) is 47.1. The minimum Gasteiger partial charge on any atom is -0.480 e. The molecule has 0 spiro atoms. The number of carboxylic acid groups (broad SMARTS) is 1. The number of nitrogens with zero attached hydrogens (tertiary/aromatic N) is 1. The number of aliphatic carboxylic acids is 1. The average Bonchev–Trinajstić information content (AvgIpc) is 2.28. The van der Waals surface area contributed by atoms with E-state index in [0.29, 0.717) is 0 Å². The van der Waals surface area contributed by atoms with Gasteiger partial charge in [0.2, 0.25) is 0 Å². The van der Waals surface area contributed by atoms with E-state index in [9.17, 15) is 19.2 Å². The van der Waals surface area contributed by atoms with Gasteiger partial charge in [0.25, 0.3) is 5.56 Å². The number of amides is 1. The van der Waals surface area contributed by atoms with Crippen molar-refractivity contribution < 1.29 is 19.4 Å². The molecule has 116 valence electrons. The summed E-state index contributed by atoms with van der Waals surface area (Å²) in [5.74, 6) is -1.33. The predicted molar refractivity (Wildman–Crippen MR) is 72.1 cm³/mol. The number of ether oxygens (including phenoxy) is 1. The van der Waals surface area contributed by atoms with Crippen LogP contribution in [0.3, 0.4) is 0 Å². The van der Waals surface area contributed by atoms with E-state index in [0.717, 1.165) is 16.8 Å². The Balaban J connectivity index is 2.84. The molecule has 21 heavy (non-hydrogen) atoms. The van der Waals surface area contributed by atoms with E-state index in [4.69, 9.17) is 9.84 Å². The van der Waals surface area contributed by atoms with Gasteiger partial charge in [-0.3, -0.25) is 14.3 Å². The lowest BCUT2D eigenvalue weighted by Crippen LogP contribution is -2.47. The summed E-state index contributed by atoms with van der Waals surface area (Å²) in [6, 6.07) is -0.295. The molecule has 1 amide bonds. The van der Waals surface area contributed by atoms with Gasteiger partial charge in [0, 0.05) is 12.3 Å². The number of nitrogens with one attached hydrogen (secondary N) is 2. The Morgan fingerprint density at radius 3 is 2.52 bits per heavy atom. The standard InChI is InChI=1S/C12H17N3O6/c1-12(2,3)21-11(20)13-7(9(17)18)6-15-5-4-8(16)14-10(15)19/h4-5,7H,6H2,1-3H3,(H,13,20)(H,17,18)(H,14,16,19)/t7-/m1/s1. The molecule has 1 heterocycles. The fourth-order valence-electron chi connectivity index (χ4n) is 1.42. The highest BCUT2D eigenvalue weighted by Crippen LogP contribution is 2.06. The van der Waals surface area contributed by atoms with Gasteiger partial charge in [-0.25, -0.2) is 14.4 Å². The summed E-state index contributed by atoms with van der Waals surface area (Å²) in [5.41, 5.74) is -2.13. The molecule has 1 atom stereocenters. The van der Waals surface area contributed by atoms with Crippen LogP contribution in [0.15, 0.2) is 21.9 Å². The largest absolute Gasteiger partial charge is 0.480 e. The smallest absolute Gasteiger partial charge is 0.408 e. The van der Waals surface area contributed by atoms with Crippen molar-refractivity contribution in [3.8, 4) is 0 Å². The van der Waals surface area contributed by atoms with Crippen LogP contribution in [0.1, 0.15) is 20.8 Å². The predicted octanol–water partition coefficient (Wildman–Crippen LogP) is -0.485. The van der Waals surface area contributed by atoms with Crippen LogP contribution in [0.2, 0.25) is 0 Å². The summed E-state index contributed by atoms with van der Waals surface area (Å²) in [6.07, 6.45) is 0.237. The Kier molecular flexibility index (Phi) is 4.90. The molecule has 0 aromatic carbocycles. The van der Waals surface area contributed by atoms with Crippen molar-refractivity contribution in [3.63, 3.8) is 0 Å². The van der Waals surface area contributed by atoms with Crippen molar-refractivity contribution in [2.75, 3.05) is 0 Å². The molecule has 0 radical (unpaired) electrons. The highest BCUT2D eigenvalue weighted by molar-refractivity contribution is 5.79. The van der Waals surface area contributed by atoms with E-state index in [1.54, 1.807) is 20.8 Å². The lowest BCUT2D eigenvalue weighted by atomic mass is 10.2. The number of H-pyrrole nitrogens is 1. The number of carbonyl (C=O) groups excluding carboxylic acids is 1. The number of alkyl carbamates (subject to hydrolysis) is 1. The third-order valence-electron chi connectivity index (χ3n) is 2.27. The third-order valence-corrected chi connectivity index (χ3v) is 2.27. The van der Waals surface area contributed by atoms with Crippen LogP contribution in [-0.2, 0) is 16.1 Å². The molecule has 1 rings (SSSR count). The zero-order chi connectivity index (χ0) is 16.2. The minimum atomic E-state index is -1.37. The molecule has 0 aliphatic heterocycles. The third kappa shape index (κ3) is 5.51. The zero-order valence-electron chi connectivity index (χ0n) is 11.9. The van der Waals surface area contributed by atoms with Gasteiger partial charge in [-0.05, 0) is 20.8 Å². The fourth-order valence-corrected chi connectivity index (χ4v) is 1.42. The Hall–Kier alpha value is -2.58. The molecule has 1 aromatic heterocycles. The fraction of sp³-hybridized carbons (Fsp3) is 0.500. The van der Waals surface area contributed by atoms with E-state index in [-0.39, 0.29) is 6.54 Å². The molecule has 1 aromatic rings. The zero-order valence-corrected chi connectivity index (χ0v) is 11.9. The molecule has 0 saturated carbocycles. The lowest BCUT2D eigenvalue weighted by Gasteiger charge is -2.22. The summed E-state index contributed by atoms with van der Waals surface area (Å²) in [5, 5.41) is 11.2. The van der Waals surface area contributed by atoms with E-state index in [1.165, 1.54) is 0 Å². The normalized spacial score (nSPS) is 12.5. The van der Waals surface area contributed by atoms with Crippen LogP contribution >= 0.6 is 0 Å². The summed E-state index contributed by atoms with van der Waals surface area (Å²) >= 11 is 0. The second kappa shape index (κ2) is 6.25. The first-order valence-corrected chi connectivity index (χ1v) is 6.10. The molecular formula is C12H17N3O6. The van der Waals surface area contributed by atoms with Crippen LogP contribution in [-0.4, -0.2) is 38.4 Å². The van der Waals surface area contributed by atoms with Crippen molar-refractivity contribution in [2.45, 2.75) is 39.0 Å². The van der Waals surface area contributed by atoms with Gasteiger partial charge in [0.05, 0.1) is 6.54 Å². The van der Waals surface area contributed by atoms with E-state index < -0.39 is 35.0 Å². The first kappa shape index (κ1) is 16.5. The van der Waals surface area contributed by atoms with E-state index in [1.807, 2.05) is 4.98 Å². The van der Waals surface area contributed by atoms with Crippen molar-refractivity contribution in [2.24, 2.45) is 0 Å². The van der Waals surface area contributed by atoms with Gasteiger partial charge in [-0.15, -0.1) is 0 Å². The van der Waals surface area contributed by atoms with Gasteiger partial charge in [-0.1, -0.05) is 0 Å². The second-order valence-electron chi connectivity index (χ2n) is 5.30. The van der Waals surface area contributed by atoms with Crippen molar-refractivity contribution >= 4 is 12.1 Å². The number of hydrogen-bond donors (Lipinski definition) is 3. The van der Waals surface area contributed by atoms with Gasteiger partial charge in [0.1, 0.15) is 11.6 Å². The maximum Gasteiger partial charge on any atom is 0.408 e. The number of aromatic nitrogens is 2. The van der Waals surface area contributed by atoms with Crippen LogP contribution < -0.4 is 16.6 Å². The summed E-state index contributed by atoms with van der Waals surface area (Å²) in [7, 11) is 0. The van der Waals surface area contributed by atoms with Crippen LogP contribution in [0, 0.1) is 0 Å². The summed E-state index contributed by atoms with van der Waals surface area (Å²) in [6.45, 7) is 4.56. The number of hydrogen-bond acceptors (Lipinski definition) is 5. The average molecular weight is 299 g/mol. The van der Waals surface area contributed by atoms with Gasteiger partial charge in [-0.2, -0.15) is 0 Å². The molecule has 3 N–H and O–H groups in total. The quantitative estimate of drug-likeness (QED) is 0.688. The van der Waals surface area contributed by atoms with E-state index in [2.05, 4.69) is 5.32 Å². The highest BCUT2D eigenvalue weighted by atomic mass is 16.6. The second-order valence-corrected chi connectivity index (χ2v) is 5.30. The molecule has 0 aliphatic carbocycles. The van der Waals surface area contributed by atoms with Crippen molar-refractivity contribution in [3.05, 3.63) is 33.1 Å². The van der Waals surface area contributed by atoms with Crippen LogP contribution in [0.4, 0.5) is 4.79 Å². The summed E-state index contributed by atoms with van der Waals surface area (Å²) < 4.78 is 5.92. The first-order chi connectivity index (χ1) is 9.58. The SMILES string of the molecule is CC(C)(C)OC(=O)N[C@H](Cn1ccc(=O)[nH]c1=O)C(=O)O. The molecule has 0 unspecified atom stereocenters. The Morgan fingerprint density at radius 1 is 1.43 bits per heavy atom.